The van der Waals surface area contributed by atoms with Crippen molar-refractivity contribution in [3.8, 4) is 5.75 Å². The van der Waals surface area contributed by atoms with Gasteiger partial charge in [-0.3, -0.25) is 9.59 Å². The van der Waals surface area contributed by atoms with Gasteiger partial charge in [0.25, 0.3) is 11.7 Å². The lowest BCUT2D eigenvalue weighted by atomic mass is 9.94. The zero-order valence-corrected chi connectivity index (χ0v) is 18.5. The number of nitrogens with zero attached hydrogens (tertiary/aromatic N) is 1. The van der Waals surface area contributed by atoms with Crippen molar-refractivity contribution in [2.24, 2.45) is 0 Å². The second-order valence-electron chi connectivity index (χ2n) is 7.51. The molecule has 1 unspecified atom stereocenters. The monoisotopic (exact) mass is 481 g/mol. The van der Waals surface area contributed by atoms with E-state index in [1.165, 1.54) is 13.2 Å². The van der Waals surface area contributed by atoms with Crippen LogP contribution in [0.3, 0.4) is 0 Å². The molecule has 1 saturated heterocycles. The fraction of sp³-hybridized carbons (Fsp3) is 0.333. The Labute approximate surface area is 193 Å². The number of alkyl halides is 3. The van der Waals surface area contributed by atoms with Crippen LogP contribution in [0.15, 0.2) is 48.0 Å². The maximum absolute atomic E-state index is 14.4. The van der Waals surface area contributed by atoms with Crippen LogP contribution in [0.2, 0.25) is 0 Å². The summed E-state index contributed by atoms with van der Waals surface area (Å²) in [4.78, 5) is 26.9. The minimum absolute atomic E-state index is 0.00436. The van der Waals surface area contributed by atoms with E-state index in [2.05, 4.69) is 0 Å². The van der Waals surface area contributed by atoms with Crippen molar-refractivity contribution in [1.29, 1.82) is 0 Å². The number of methoxy groups -OCH3 is 1. The van der Waals surface area contributed by atoms with Gasteiger partial charge in [-0.1, -0.05) is 18.2 Å². The molecule has 2 aromatic carbocycles. The normalized spacial score (nSPS) is 17.9. The number of carbonyl (C=O) groups excluding carboxylic acids is 2. The molecule has 1 atom stereocenters. The van der Waals surface area contributed by atoms with E-state index in [0.717, 1.165) is 11.0 Å². The molecule has 1 fully saturated rings. The Kier molecular flexibility index (Phi) is 7.61. The van der Waals surface area contributed by atoms with Crippen LogP contribution in [0.25, 0.3) is 5.76 Å². The summed E-state index contributed by atoms with van der Waals surface area (Å²) in [6.07, 6.45) is -4.61. The molecule has 0 aliphatic carbocycles. The third-order valence-corrected chi connectivity index (χ3v) is 5.34. The van der Waals surface area contributed by atoms with Crippen LogP contribution >= 0.6 is 0 Å². The number of hydrogen-bond acceptors (Lipinski definition) is 5. The van der Waals surface area contributed by atoms with Gasteiger partial charge < -0.3 is 19.5 Å². The number of carbonyl (C=O) groups is 2. The number of ether oxygens (including phenoxy) is 2. The molecule has 6 nitrogen and oxygen atoms in total. The maximum atomic E-state index is 14.4. The number of amides is 1. The van der Waals surface area contributed by atoms with Gasteiger partial charge in [0.15, 0.2) is 0 Å². The van der Waals surface area contributed by atoms with Crippen molar-refractivity contribution in [2.75, 3.05) is 26.9 Å². The van der Waals surface area contributed by atoms with Gasteiger partial charge in [-0.15, -0.1) is 0 Å². The minimum Gasteiger partial charge on any atom is -0.507 e. The van der Waals surface area contributed by atoms with E-state index in [1.807, 2.05) is 0 Å². The Morgan fingerprint density at radius 1 is 1.15 bits per heavy atom. The highest BCUT2D eigenvalue weighted by molar-refractivity contribution is 6.46. The molecule has 2 aromatic rings. The SMILES string of the molecule is CCOc1ccccc1C(O)=C1C(=O)C(=O)N(CCCOC)C1c1ccc(C(F)(F)F)c(F)c1. The summed E-state index contributed by atoms with van der Waals surface area (Å²) >= 11 is 0. The second-order valence-corrected chi connectivity index (χ2v) is 7.51. The summed E-state index contributed by atoms with van der Waals surface area (Å²) in [6.45, 7) is 2.21. The lowest BCUT2D eigenvalue weighted by Gasteiger charge is -2.26. The number of likely N-dealkylation sites (tertiary alicyclic amines) is 1. The first-order valence-electron chi connectivity index (χ1n) is 10.5. The first-order chi connectivity index (χ1) is 16.1. The molecule has 0 aromatic heterocycles. The van der Waals surface area contributed by atoms with Crippen LogP contribution < -0.4 is 4.74 Å². The summed E-state index contributed by atoms with van der Waals surface area (Å²) in [5, 5.41) is 11.1. The maximum Gasteiger partial charge on any atom is 0.419 e. The Balaban J connectivity index is 2.19. The topological polar surface area (TPSA) is 76.1 Å². The van der Waals surface area contributed by atoms with E-state index >= 15 is 0 Å². The first-order valence-corrected chi connectivity index (χ1v) is 10.5. The van der Waals surface area contributed by atoms with Crippen molar-refractivity contribution in [3.05, 3.63) is 70.5 Å². The molecule has 1 aliphatic rings. The minimum atomic E-state index is -4.92. The Morgan fingerprint density at radius 3 is 2.47 bits per heavy atom. The summed E-state index contributed by atoms with van der Waals surface area (Å²) in [5.74, 6) is -3.88. The fourth-order valence-electron chi connectivity index (χ4n) is 3.86. The predicted molar refractivity (Wildman–Crippen MR) is 115 cm³/mol. The van der Waals surface area contributed by atoms with Gasteiger partial charge in [0.1, 0.15) is 17.3 Å². The zero-order chi connectivity index (χ0) is 25.0. The molecule has 1 aliphatic heterocycles. The highest BCUT2D eigenvalue weighted by Gasteiger charge is 2.46. The molecule has 1 heterocycles. The van der Waals surface area contributed by atoms with Gasteiger partial charge in [-0.05, 0) is 43.2 Å². The van der Waals surface area contributed by atoms with Crippen molar-refractivity contribution < 1.29 is 41.7 Å². The van der Waals surface area contributed by atoms with Crippen LogP contribution in [0, 0.1) is 5.82 Å². The zero-order valence-electron chi connectivity index (χ0n) is 18.5. The van der Waals surface area contributed by atoms with Crippen LogP contribution in [0.4, 0.5) is 17.6 Å². The number of para-hydroxylation sites is 1. The second kappa shape index (κ2) is 10.3. The molecular formula is C24H23F4NO5. The van der Waals surface area contributed by atoms with E-state index in [4.69, 9.17) is 9.47 Å². The number of hydrogen-bond donors (Lipinski definition) is 1. The van der Waals surface area contributed by atoms with Gasteiger partial charge >= 0.3 is 6.18 Å². The highest BCUT2D eigenvalue weighted by Crippen LogP contribution is 2.42. The predicted octanol–water partition coefficient (Wildman–Crippen LogP) is 4.70. The van der Waals surface area contributed by atoms with E-state index in [0.29, 0.717) is 18.6 Å². The molecule has 182 valence electrons. The quantitative estimate of drug-likeness (QED) is 0.195. The van der Waals surface area contributed by atoms with Crippen molar-refractivity contribution in [1.82, 2.24) is 4.90 Å². The average Bonchev–Trinajstić information content (AvgIpc) is 3.03. The highest BCUT2D eigenvalue weighted by atomic mass is 19.4. The van der Waals surface area contributed by atoms with Crippen molar-refractivity contribution >= 4 is 17.4 Å². The molecule has 34 heavy (non-hydrogen) atoms. The number of ketones is 1. The van der Waals surface area contributed by atoms with Crippen LogP contribution in [0.1, 0.15) is 36.1 Å². The van der Waals surface area contributed by atoms with Gasteiger partial charge in [-0.2, -0.15) is 13.2 Å². The molecular weight excluding hydrogens is 458 g/mol. The largest absolute Gasteiger partial charge is 0.507 e. The molecule has 0 bridgehead atoms. The summed E-state index contributed by atoms with van der Waals surface area (Å²) in [6, 6.07) is 7.13. The van der Waals surface area contributed by atoms with E-state index in [9.17, 15) is 32.3 Å². The third-order valence-electron chi connectivity index (χ3n) is 5.34. The Hall–Kier alpha value is -3.40. The van der Waals surface area contributed by atoms with Crippen molar-refractivity contribution in [2.45, 2.75) is 25.6 Å². The first kappa shape index (κ1) is 25.2. The summed E-state index contributed by atoms with van der Waals surface area (Å²) in [7, 11) is 1.45. The lowest BCUT2D eigenvalue weighted by molar-refractivity contribution is -0.140. The molecule has 0 saturated carbocycles. The smallest absolute Gasteiger partial charge is 0.419 e. The van der Waals surface area contributed by atoms with Crippen molar-refractivity contribution in [3.63, 3.8) is 0 Å². The number of aliphatic hydroxyl groups excluding tert-OH is 1. The van der Waals surface area contributed by atoms with Crippen LogP contribution in [0.5, 0.6) is 5.75 Å². The standard InChI is InChI=1S/C24H23F4NO5/c1-3-34-18-8-5-4-7-15(18)21(30)19-20(29(11-6-12-33-2)23(32)22(19)31)14-9-10-16(17(25)13-14)24(26,27)28/h4-5,7-10,13,20,30H,3,6,11-12H2,1-2H3. The van der Waals surface area contributed by atoms with Gasteiger partial charge in [0, 0.05) is 20.3 Å². The summed E-state index contributed by atoms with van der Waals surface area (Å²) in [5.41, 5.74) is -1.81. The number of aliphatic hydroxyl groups is 1. The average molecular weight is 481 g/mol. The number of halogens is 4. The van der Waals surface area contributed by atoms with E-state index in [-0.39, 0.29) is 42.2 Å². The van der Waals surface area contributed by atoms with E-state index in [1.54, 1.807) is 25.1 Å². The lowest BCUT2D eigenvalue weighted by Crippen LogP contribution is -2.31. The Morgan fingerprint density at radius 2 is 1.85 bits per heavy atom. The van der Waals surface area contributed by atoms with Gasteiger partial charge in [-0.25, -0.2) is 4.39 Å². The molecule has 1 amide bonds. The third kappa shape index (κ3) is 4.91. The molecule has 0 radical (unpaired) electrons. The molecule has 1 N–H and O–H groups in total. The number of Topliss-reactive ketones (excluding diaryl/α,β-unsaturated/α-hetero) is 1. The number of rotatable bonds is 8. The van der Waals surface area contributed by atoms with Gasteiger partial charge in [0.05, 0.1) is 29.3 Å². The molecule has 3 rings (SSSR count). The Bertz CT molecular complexity index is 1110. The summed E-state index contributed by atoms with van der Waals surface area (Å²) < 4.78 is 64.1. The molecule has 0 spiro atoms. The van der Waals surface area contributed by atoms with E-state index < -0.39 is 41.0 Å². The molecule has 10 heteroatoms. The number of benzene rings is 2. The van der Waals surface area contributed by atoms with Gasteiger partial charge in [0.2, 0.25) is 0 Å². The van der Waals surface area contributed by atoms with Crippen LogP contribution in [-0.2, 0) is 20.5 Å². The fourth-order valence-corrected chi connectivity index (χ4v) is 3.86. The van der Waals surface area contributed by atoms with Crippen LogP contribution in [-0.4, -0.2) is 48.6 Å².